The van der Waals surface area contributed by atoms with Crippen molar-refractivity contribution >= 4 is 11.7 Å². The van der Waals surface area contributed by atoms with Crippen molar-refractivity contribution in [3.63, 3.8) is 0 Å². The van der Waals surface area contributed by atoms with Gasteiger partial charge in [0.15, 0.2) is 0 Å². The molecule has 1 aromatic rings. The van der Waals surface area contributed by atoms with Crippen LogP contribution in [0.1, 0.15) is 26.7 Å². The number of carboxylic acids is 1. The molecular formula is C15H21NO3. The molecule has 0 spiro atoms. The van der Waals surface area contributed by atoms with Crippen molar-refractivity contribution in [3.05, 3.63) is 24.3 Å². The Morgan fingerprint density at radius 2 is 2.11 bits per heavy atom. The number of hydrogen-bond donors (Lipinski definition) is 1. The van der Waals surface area contributed by atoms with Gasteiger partial charge < -0.3 is 14.7 Å². The van der Waals surface area contributed by atoms with E-state index in [1.54, 1.807) is 7.11 Å². The fraction of sp³-hybridized carbons (Fsp3) is 0.533. The van der Waals surface area contributed by atoms with E-state index in [4.69, 9.17) is 4.74 Å². The highest BCUT2D eigenvalue weighted by Crippen LogP contribution is 2.40. The first kappa shape index (κ1) is 13.7. The largest absolute Gasteiger partial charge is 0.495 e. The van der Waals surface area contributed by atoms with Gasteiger partial charge in [0.05, 0.1) is 18.7 Å². The van der Waals surface area contributed by atoms with Gasteiger partial charge in [-0.1, -0.05) is 12.1 Å². The molecule has 1 aliphatic heterocycles. The molecule has 0 bridgehead atoms. The molecule has 1 heterocycles. The molecule has 0 aromatic heterocycles. The number of rotatable bonds is 3. The van der Waals surface area contributed by atoms with Gasteiger partial charge in [-0.25, -0.2) is 0 Å². The third-order valence-corrected chi connectivity index (χ3v) is 4.10. The van der Waals surface area contributed by atoms with Crippen LogP contribution in [0.25, 0.3) is 0 Å². The van der Waals surface area contributed by atoms with Crippen molar-refractivity contribution in [2.24, 2.45) is 5.92 Å². The molecule has 19 heavy (non-hydrogen) atoms. The Morgan fingerprint density at radius 3 is 2.74 bits per heavy atom. The van der Waals surface area contributed by atoms with Crippen LogP contribution < -0.4 is 9.64 Å². The smallest absolute Gasteiger partial charge is 0.308 e. The predicted octanol–water partition coefficient (Wildman–Crippen LogP) is 2.77. The summed E-state index contributed by atoms with van der Waals surface area (Å²) < 4.78 is 5.40. The zero-order valence-electron chi connectivity index (χ0n) is 11.7. The Bertz CT molecular complexity index is 470. The average molecular weight is 263 g/mol. The maximum absolute atomic E-state index is 11.4. The number of benzene rings is 1. The highest BCUT2D eigenvalue weighted by atomic mass is 16.5. The number of piperidine rings is 1. The molecule has 1 aromatic carbocycles. The van der Waals surface area contributed by atoms with Crippen LogP contribution >= 0.6 is 0 Å². The first-order valence-electron chi connectivity index (χ1n) is 6.62. The van der Waals surface area contributed by atoms with E-state index in [-0.39, 0.29) is 5.92 Å². The second-order valence-corrected chi connectivity index (χ2v) is 5.51. The summed E-state index contributed by atoms with van der Waals surface area (Å²) in [6.45, 7) is 4.85. The molecule has 0 aliphatic carbocycles. The summed E-state index contributed by atoms with van der Waals surface area (Å²) in [5, 5.41) is 9.41. The Morgan fingerprint density at radius 1 is 1.42 bits per heavy atom. The SMILES string of the molecule is COc1ccccc1N1CCCC(C(=O)O)C1(C)C. The van der Waals surface area contributed by atoms with Gasteiger partial charge in [0, 0.05) is 12.1 Å². The van der Waals surface area contributed by atoms with E-state index in [0.717, 1.165) is 30.8 Å². The minimum Gasteiger partial charge on any atom is -0.495 e. The van der Waals surface area contributed by atoms with Crippen molar-refractivity contribution in [1.82, 2.24) is 0 Å². The second-order valence-electron chi connectivity index (χ2n) is 5.51. The maximum Gasteiger partial charge on any atom is 0.308 e. The number of nitrogens with zero attached hydrogens (tertiary/aromatic N) is 1. The number of anilines is 1. The number of carboxylic acid groups (broad SMARTS) is 1. The van der Waals surface area contributed by atoms with Crippen LogP contribution in [0.15, 0.2) is 24.3 Å². The lowest BCUT2D eigenvalue weighted by molar-refractivity contribution is -0.144. The maximum atomic E-state index is 11.4. The molecule has 1 aliphatic rings. The van der Waals surface area contributed by atoms with Crippen molar-refractivity contribution < 1.29 is 14.6 Å². The minimum absolute atomic E-state index is 0.355. The molecule has 2 rings (SSSR count). The summed E-state index contributed by atoms with van der Waals surface area (Å²) in [6.07, 6.45) is 1.62. The normalized spacial score (nSPS) is 22.1. The molecular weight excluding hydrogens is 242 g/mol. The summed E-state index contributed by atoms with van der Waals surface area (Å²) in [5.41, 5.74) is 0.555. The fourth-order valence-electron chi connectivity index (χ4n) is 2.99. The van der Waals surface area contributed by atoms with Gasteiger partial charge in [-0.3, -0.25) is 4.79 Å². The van der Waals surface area contributed by atoms with Gasteiger partial charge in [0.25, 0.3) is 0 Å². The van der Waals surface area contributed by atoms with E-state index in [0.29, 0.717) is 0 Å². The van der Waals surface area contributed by atoms with E-state index in [1.165, 1.54) is 0 Å². The lowest BCUT2D eigenvalue weighted by Crippen LogP contribution is -2.56. The van der Waals surface area contributed by atoms with Crippen molar-refractivity contribution in [2.75, 3.05) is 18.6 Å². The monoisotopic (exact) mass is 263 g/mol. The van der Waals surface area contributed by atoms with Gasteiger partial charge in [-0.2, -0.15) is 0 Å². The molecule has 0 saturated carbocycles. The summed E-state index contributed by atoms with van der Waals surface area (Å²) in [5.74, 6) is -0.280. The summed E-state index contributed by atoms with van der Waals surface area (Å²) in [6, 6.07) is 7.78. The number of hydrogen-bond acceptors (Lipinski definition) is 3. The number of para-hydroxylation sites is 2. The number of ether oxygens (including phenoxy) is 1. The standard InChI is InChI=1S/C15H21NO3/c1-15(2)11(14(17)18)7-6-10-16(15)12-8-4-5-9-13(12)19-3/h4-5,8-9,11H,6-7,10H2,1-3H3,(H,17,18). The topological polar surface area (TPSA) is 49.8 Å². The molecule has 0 radical (unpaired) electrons. The van der Waals surface area contributed by atoms with Crippen molar-refractivity contribution in [3.8, 4) is 5.75 Å². The number of methoxy groups -OCH3 is 1. The first-order valence-corrected chi connectivity index (χ1v) is 6.62. The molecule has 4 heteroatoms. The molecule has 0 amide bonds. The first-order chi connectivity index (χ1) is 8.98. The van der Waals surface area contributed by atoms with Crippen LogP contribution in [0, 0.1) is 5.92 Å². The molecule has 4 nitrogen and oxygen atoms in total. The van der Waals surface area contributed by atoms with Crippen LogP contribution in [0.3, 0.4) is 0 Å². The third kappa shape index (κ3) is 2.39. The van der Waals surface area contributed by atoms with E-state index in [2.05, 4.69) is 4.90 Å². The molecule has 1 N–H and O–H groups in total. The Labute approximate surface area is 114 Å². The quantitative estimate of drug-likeness (QED) is 0.911. The zero-order chi connectivity index (χ0) is 14.0. The Balaban J connectivity index is 2.40. The summed E-state index contributed by atoms with van der Waals surface area (Å²) in [7, 11) is 1.64. The van der Waals surface area contributed by atoms with E-state index >= 15 is 0 Å². The van der Waals surface area contributed by atoms with Gasteiger partial charge >= 0.3 is 5.97 Å². The van der Waals surface area contributed by atoms with Gasteiger partial charge in [-0.15, -0.1) is 0 Å². The highest BCUT2D eigenvalue weighted by molar-refractivity contribution is 5.74. The van der Waals surface area contributed by atoms with Crippen LogP contribution in [0.4, 0.5) is 5.69 Å². The highest BCUT2D eigenvalue weighted by Gasteiger charge is 2.43. The Hall–Kier alpha value is -1.71. The Kier molecular flexibility index (Phi) is 3.69. The molecule has 1 fully saturated rings. The predicted molar refractivity (Wildman–Crippen MR) is 74.8 cm³/mol. The minimum atomic E-state index is -0.718. The molecule has 104 valence electrons. The number of carbonyl (C=O) groups is 1. The molecule has 1 saturated heterocycles. The fourth-order valence-corrected chi connectivity index (χ4v) is 2.99. The second kappa shape index (κ2) is 5.11. The zero-order valence-corrected chi connectivity index (χ0v) is 11.7. The average Bonchev–Trinajstić information content (AvgIpc) is 2.37. The van der Waals surface area contributed by atoms with Crippen LogP contribution in [-0.2, 0) is 4.79 Å². The van der Waals surface area contributed by atoms with Gasteiger partial charge in [0.2, 0.25) is 0 Å². The van der Waals surface area contributed by atoms with E-state index < -0.39 is 11.5 Å². The lowest BCUT2D eigenvalue weighted by atomic mass is 9.78. The third-order valence-electron chi connectivity index (χ3n) is 4.10. The van der Waals surface area contributed by atoms with Crippen LogP contribution in [0.5, 0.6) is 5.75 Å². The van der Waals surface area contributed by atoms with Crippen molar-refractivity contribution in [2.45, 2.75) is 32.2 Å². The van der Waals surface area contributed by atoms with E-state index in [1.807, 2.05) is 38.1 Å². The van der Waals surface area contributed by atoms with Crippen LogP contribution in [-0.4, -0.2) is 30.3 Å². The van der Waals surface area contributed by atoms with E-state index in [9.17, 15) is 9.90 Å². The summed E-state index contributed by atoms with van der Waals surface area (Å²) >= 11 is 0. The lowest BCUT2D eigenvalue weighted by Gasteiger charge is -2.48. The van der Waals surface area contributed by atoms with Gasteiger partial charge in [0.1, 0.15) is 5.75 Å². The number of aliphatic carboxylic acids is 1. The van der Waals surface area contributed by atoms with Gasteiger partial charge in [-0.05, 0) is 38.8 Å². The molecule has 1 atom stereocenters. The van der Waals surface area contributed by atoms with Crippen molar-refractivity contribution in [1.29, 1.82) is 0 Å². The summed E-state index contributed by atoms with van der Waals surface area (Å²) in [4.78, 5) is 13.6. The molecule has 1 unspecified atom stereocenters. The van der Waals surface area contributed by atoms with Crippen LogP contribution in [0.2, 0.25) is 0 Å².